The van der Waals surface area contributed by atoms with Gasteiger partial charge in [-0.05, 0) is 43.2 Å². The van der Waals surface area contributed by atoms with Crippen LogP contribution in [0.4, 0.5) is 0 Å². The number of hydrogen-bond donors (Lipinski definition) is 1. The van der Waals surface area contributed by atoms with E-state index in [2.05, 4.69) is 31.1 Å². The summed E-state index contributed by atoms with van der Waals surface area (Å²) in [5.41, 5.74) is 1.49. The van der Waals surface area contributed by atoms with Crippen LogP contribution in [0.2, 0.25) is 0 Å². The molecule has 0 unspecified atom stereocenters. The summed E-state index contributed by atoms with van der Waals surface area (Å²) in [5.74, 6) is 0.882. The highest BCUT2D eigenvalue weighted by Crippen LogP contribution is 2.57. The second-order valence-corrected chi connectivity index (χ2v) is 8.09. The Morgan fingerprint density at radius 2 is 2.12 bits per heavy atom. The molecule has 132 valence electrons. The van der Waals surface area contributed by atoms with Gasteiger partial charge in [0.05, 0.1) is 18.4 Å². The summed E-state index contributed by atoms with van der Waals surface area (Å²) >= 11 is 0. The van der Waals surface area contributed by atoms with E-state index < -0.39 is 0 Å². The first-order valence-corrected chi connectivity index (χ1v) is 8.82. The van der Waals surface area contributed by atoms with Gasteiger partial charge in [-0.15, -0.1) is 5.10 Å². The Balaban J connectivity index is 1.61. The summed E-state index contributed by atoms with van der Waals surface area (Å²) in [4.78, 5) is 14.7. The van der Waals surface area contributed by atoms with Crippen molar-refractivity contribution < 1.29 is 9.90 Å². The van der Waals surface area contributed by atoms with Crippen molar-refractivity contribution in [2.45, 2.75) is 52.1 Å². The molecule has 1 aromatic carbocycles. The molecule has 1 saturated carbocycles. The molecular formula is C19H24N4O2. The molecule has 25 heavy (non-hydrogen) atoms. The zero-order valence-electron chi connectivity index (χ0n) is 14.9. The van der Waals surface area contributed by atoms with Crippen LogP contribution in [-0.2, 0) is 11.3 Å². The number of fused-ring (bicyclic) bond motifs is 2. The first-order valence-electron chi connectivity index (χ1n) is 8.82. The molecule has 1 aromatic heterocycles. The van der Waals surface area contributed by atoms with E-state index in [9.17, 15) is 9.90 Å². The maximum atomic E-state index is 12.7. The van der Waals surface area contributed by atoms with Gasteiger partial charge in [0.1, 0.15) is 11.4 Å². The SMILES string of the molecule is CC1(C)[C@H]2CC[C@]1(C)N(Cc1cn(-c3cccc(O)c3)nn1)C(=O)C2. The standard InChI is InChI=1S/C19H24N4O2/c1-18(2)13-7-8-19(18,3)22(17(25)9-13)11-14-12-23(21-20-14)15-5-4-6-16(24)10-15/h4-6,10,12-13,24H,7-9,11H2,1-3H3/t13-,19-/m0/s1. The van der Waals surface area contributed by atoms with Crippen molar-refractivity contribution in [1.29, 1.82) is 0 Å². The molecule has 2 aliphatic rings. The van der Waals surface area contributed by atoms with E-state index in [0.29, 0.717) is 18.9 Å². The summed E-state index contributed by atoms with van der Waals surface area (Å²) in [7, 11) is 0. The Bertz CT molecular complexity index is 828. The largest absolute Gasteiger partial charge is 0.508 e. The van der Waals surface area contributed by atoms with Gasteiger partial charge in [-0.25, -0.2) is 4.68 Å². The Kier molecular flexibility index (Phi) is 3.42. The van der Waals surface area contributed by atoms with Crippen LogP contribution >= 0.6 is 0 Å². The van der Waals surface area contributed by atoms with E-state index in [1.165, 1.54) is 0 Å². The molecular weight excluding hydrogens is 316 g/mol. The van der Waals surface area contributed by atoms with Gasteiger partial charge in [0, 0.05) is 18.0 Å². The molecule has 2 bridgehead atoms. The molecule has 0 spiro atoms. The molecule has 2 fully saturated rings. The average molecular weight is 340 g/mol. The normalized spacial score (nSPS) is 27.7. The number of carbonyl (C=O) groups excluding carboxylic acids is 1. The predicted molar refractivity (Wildman–Crippen MR) is 93.1 cm³/mol. The number of likely N-dealkylation sites (tertiary alicyclic amines) is 1. The Hall–Kier alpha value is -2.37. The van der Waals surface area contributed by atoms with Gasteiger partial charge in [0.15, 0.2) is 0 Å². The van der Waals surface area contributed by atoms with Gasteiger partial charge < -0.3 is 10.0 Å². The number of amides is 1. The summed E-state index contributed by atoms with van der Waals surface area (Å²) < 4.78 is 1.63. The van der Waals surface area contributed by atoms with E-state index in [1.54, 1.807) is 22.9 Å². The fourth-order valence-electron chi connectivity index (χ4n) is 4.57. The third kappa shape index (κ3) is 2.34. The Morgan fingerprint density at radius 3 is 2.88 bits per heavy atom. The van der Waals surface area contributed by atoms with E-state index in [1.807, 2.05) is 17.2 Å². The van der Waals surface area contributed by atoms with Crippen molar-refractivity contribution in [3.05, 3.63) is 36.2 Å². The minimum atomic E-state index is -0.137. The van der Waals surface area contributed by atoms with Gasteiger partial charge in [-0.3, -0.25) is 4.79 Å². The predicted octanol–water partition coefficient (Wildman–Crippen LogP) is 2.90. The number of phenols is 1. The van der Waals surface area contributed by atoms with Crippen LogP contribution in [-0.4, -0.2) is 36.4 Å². The van der Waals surface area contributed by atoms with Crippen molar-refractivity contribution >= 4 is 5.91 Å². The van der Waals surface area contributed by atoms with Crippen LogP contribution < -0.4 is 0 Å². The van der Waals surface area contributed by atoms with Gasteiger partial charge in [0.2, 0.25) is 5.91 Å². The van der Waals surface area contributed by atoms with E-state index >= 15 is 0 Å². The fourth-order valence-corrected chi connectivity index (χ4v) is 4.57. The number of benzene rings is 1. The number of phenolic OH excluding ortho intramolecular Hbond substituents is 1. The molecule has 0 radical (unpaired) electrons. The van der Waals surface area contributed by atoms with E-state index in [-0.39, 0.29) is 22.6 Å². The minimum absolute atomic E-state index is 0.113. The van der Waals surface area contributed by atoms with Crippen LogP contribution in [0.3, 0.4) is 0 Å². The van der Waals surface area contributed by atoms with Crippen molar-refractivity contribution in [3.8, 4) is 11.4 Å². The molecule has 1 amide bonds. The quantitative estimate of drug-likeness (QED) is 0.932. The maximum Gasteiger partial charge on any atom is 0.223 e. The second-order valence-electron chi connectivity index (χ2n) is 8.09. The lowest BCUT2D eigenvalue weighted by molar-refractivity contribution is -0.152. The number of aromatic nitrogens is 3. The molecule has 2 atom stereocenters. The van der Waals surface area contributed by atoms with Crippen LogP contribution in [0.15, 0.2) is 30.5 Å². The highest BCUT2D eigenvalue weighted by atomic mass is 16.3. The minimum Gasteiger partial charge on any atom is -0.508 e. The Morgan fingerprint density at radius 1 is 1.32 bits per heavy atom. The third-order valence-electron chi connectivity index (χ3n) is 6.66. The van der Waals surface area contributed by atoms with Crippen molar-refractivity contribution in [1.82, 2.24) is 19.9 Å². The lowest BCUT2D eigenvalue weighted by atomic mass is 9.66. The topological polar surface area (TPSA) is 71.2 Å². The number of nitrogens with zero attached hydrogens (tertiary/aromatic N) is 4. The molecule has 6 nitrogen and oxygen atoms in total. The summed E-state index contributed by atoms with van der Waals surface area (Å²) in [5, 5.41) is 18.0. The number of aromatic hydroxyl groups is 1. The van der Waals surface area contributed by atoms with Gasteiger partial charge in [-0.2, -0.15) is 0 Å². The summed E-state index contributed by atoms with van der Waals surface area (Å²) in [6.07, 6.45) is 4.61. The third-order valence-corrected chi connectivity index (χ3v) is 6.66. The molecule has 1 aliphatic heterocycles. The highest BCUT2D eigenvalue weighted by molar-refractivity contribution is 5.79. The van der Waals surface area contributed by atoms with Crippen molar-refractivity contribution in [2.75, 3.05) is 0 Å². The van der Waals surface area contributed by atoms with Crippen LogP contribution in [0.5, 0.6) is 5.75 Å². The van der Waals surface area contributed by atoms with Crippen LogP contribution in [0, 0.1) is 11.3 Å². The first-order chi connectivity index (χ1) is 11.8. The highest BCUT2D eigenvalue weighted by Gasteiger charge is 2.59. The van der Waals surface area contributed by atoms with E-state index in [0.717, 1.165) is 24.2 Å². The zero-order valence-corrected chi connectivity index (χ0v) is 14.9. The second kappa shape index (κ2) is 5.31. The summed E-state index contributed by atoms with van der Waals surface area (Å²) in [6.45, 7) is 7.26. The number of piperidine rings is 1. The number of carbonyl (C=O) groups is 1. The van der Waals surface area contributed by atoms with Crippen LogP contribution in [0.1, 0.15) is 45.7 Å². The molecule has 2 heterocycles. The first kappa shape index (κ1) is 16.1. The zero-order chi connectivity index (χ0) is 17.8. The lowest BCUT2D eigenvalue weighted by Crippen LogP contribution is -2.60. The molecule has 1 aliphatic carbocycles. The maximum absolute atomic E-state index is 12.7. The molecule has 2 aromatic rings. The monoisotopic (exact) mass is 340 g/mol. The van der Waals surface area contributed by atoms with Gasteiger partial charge in [0.25, 0.3) is 0 Å². The fraction of sp³-hybridized carbons (Fsp3) is 0.526. The number of hydrogen-bond acceptors (Lipinski definition) is 4. The van der Waals surface area contributed by atoms with E-state index in [4.69, 9.17) is 0 Å². The van der Waals surface area contributed by atoms with Gasteiger partial charge >= 0.3 is 0 Å². The average Bonchev–Trinajstić information content (AvgIpc) is 3.07. The number of rotatable bonds is 3. The Labute approximate surface area is 147 Å². The van der Waals surface area contributed by atoms with Crippen molar-refractivity contribution in [2.24, 2.45) is 11.3 Å². The lowest BCUT2D eigenvalue weighted by Gasteiger charge is -2.52. The molecule has 1 saturated heterocycles. The van der Waals surface area contributed by atoms with Crippen molar-refractivity contribution in [3.63, 3.8) is 0 Å². The summed E-state index contributed by atoms with van der Waals surface area (Å²) in [6, 6.07) is 6.88. The molecule has 6 heteroatoms. The smallest absolute Gasteiger partial charge is 0.223 e. The molecule has 1 N–H and O–H groups in total. The molecule has 4 rings (SSSR count). The van der Waals surface area contributed by atoms with Crippen LogP contribution in [0.25, 0.3) is 5.69 Å². The van der Waals surface area contributed by atoms with Gasteiger partial charge in [-0.1, -0.05) is 25.1 Å².